The summed E-state index contributed by atoms with van der Waals surface area (Å²) in [6.07, 6.45) is 3.57. The number of halogens is 2. The molecule has 0 aliphatic carbocycles. The maximum absolute atomic E-state index is 14.6. The van der Waals surface area contributed by atoms with E-state index in [4.69, 9.17) is 23.2 Å². The first kappa shape index (κ1) is 33.3. The van der Waals surface area contributed by atoms with Gasteiger partial charge in [-0.25, -0.2) is 13.2 Å². The van der Waals surface area contributed by atoms with Crippen molar-refractivity contribution in [3.63, 3.8) is 0 Å². The summed E-state index contributed by atoms with van der Waals surface area (Å²) in [5, 5.41) is 4.52. The van der Waals surface area contributed by atoms with Crippen LogP contribution in [0.25, 0.3) is 10.9 Å². The summed E-state index contributed by atoms with van der Waals surface area (Å²) in [4.78, 5) is 37.4. The number of rotatable bonds is 8. The molecule has 9 nitrogen and oxygen atoms in total. The molecule has 0 unspecified atom stereocenters. The van der Waals surface area contributed by atoms with E-state index in [0.717, 1.165) is 40.7 Å². The van der Waals surface area contributed by atoms with Gasteiger partial charge < -0.3 is 25.0 Å². The smallest absolute Gasteiger partial charge is 0.318 e. The summed E-state index contributed by atoms with van der Waals surface area (Å²) in [6, 6.07) is 18.4. The number of anilines is 1. The van der Waals surface area contributed by atoms with Gasteiger partial charge in [0.15, 0.2) is 9.84 Å². The standard InChI is InChI=1S/C35H39Cl2N5O4S/c1-40(2)21-23-17-24-18-27(37)9-12-33(24)42(22-23)34(43)32(19-25-20-38-31-6-4-3-5-30(25)31)39-35(44)41-15-13-29(14-16-41)47(45,46)28-10-7-26(36)8-11-28/h3-12,18,20,23,29,32,38H,13-17,19,21-22H2,1-2H3,(H,39,44)/t23-,32+/m0/s1. The van der Waals surface area contributed by atoms with Gasteiger partial charge in [0.05, 0.1) is 10.1 Å². The van der Waals surface area contributed by atoms with E-state index < -0.39 is 21.1 Å². The number of amides is 3. The molecule has 3 heterocycles. The third kappa shape index (κ3) is 7.31. The van der Waals surface area contributed by atoms with Crippen LogP contribution >= 0.6 is 23.2 Å². The van der Waals surface area contributed by atoms with Gasteiger partial charge in [0.25, 0.3) is 0 Å². The molecule has 4 aromatic rings. The van der Waals surface area contributed by atoms with Crippen LogP contribution in [0, 0.1) is 5.92 Å². The van der Waals surface area contributed by atoms with Crippen LogP contribution in [-0.2, 0) is 27.5 Å². The number of carbonyl (C=O) groups excluding carboxylic acids is 2. The van der Waals surface area contributed by atoms with Gasteiger partial charge in [0.2, 0.25) is 5.91 Å². The maximum Gasteiger partial charge on any atom is 0.318 e. The molecule has 248 valence electrons. The molecule has 6 rings (SSSR count). The van der Waals surface area contributed by atoms with Gasteiger partial charge in [-0.1, -0.05) is 41.4 Å². The number of benzene rings is 3. The van der Waals surface area contributed by atoms with Crippen LogP contribution in [0.1, 0.15) is 24.0 Å². The van der Waals surface area contributed by atoms with Crippen LogP contribution < -0.4 is 10.2 Å². The Balaban J connectivity index is 1.23. The molecule has 0 saturated carbocycles. The second kappa shape index (κ2) is 13.9. The molecule has 3 aromatic carbocycles. The minimum Gasteiger partial charge on any atom is -0.361 e. The summed E-state index contributed by atoms with van der Waals surface area (Å²) in [6.45, 7) is 1.82. The zero-order valence-corrected chi connectivity index (χ0v) is 28.8. The van der Waals surface area contributed by atoms with Gasteiger partial charge in [-0.15, -0.1) is 0 Å². The van der Waals surface area contributed by atoms with Crippen molar-refractivity contribution in [1.82, 2.24) is 20.1 Å². The average Bonchev–Trinajstić information content (AvgIpc) is 3.46. The van der Waals surface area contributed by atoms with Crippen LogP contribution in [0.4, 0.5) is 10.5 Å². The predicted molar refractivity (Wildman–Crippen MR) is 187 cm³/mol. The first-order valence-corrected chi connectivity index (χ1v) is 18.1. The second-order valence-corrected chi connectivity index (χ2v) is 15.9. The number of hydrogen-bond acceptors (Lipinski definition) is 5. The van der Waals surface area contributed by atoms with Crippen molar-refractivity contribution in [2.75, 3.05) is 45.2 Å². The number of nitrogens with one attached hydrogen (secondary N) is 2. The van der Waals surface area contributed by atoms with E-state index in [2.05, 4.69) is 15.2 Å². The van der Waals surface area contributed by atoms with Crippen LogP contribution in [0.3, 0.4) is 0 Å². The number of likely N-dealkylation sites (tertiary alicyclic amines) is 1. The van der Waals surface area contributed by atoms with Gasteiger partial charge in [-0.3, -0.25) is 4.79 Å². The highest BCUT2D eigenvalue weighted by Crippen LogP contribution is 2.33. The number of nitrogens with zero attached hydrogens (tertiary/aromatic N) is 3. The highest BCUT2D eigenvalue weighted by atomic mass is 35.5. The van der Waals surface area contributed by atoms with Crippen molar-refractivity contribution >= 4 is 61.6 Å². The summed E-state index contributed by atoms with van der Waals surface area (Å²) in [7, 11) is 0.461. The van der Waals surface area contributed by atoms with Crippen LogP contribution in [0.2, 0.25) is 10.0 Å². The zero-order valence-electron chi connectivity index (χ0n) is 26.5. The number of fused-ring (bicyclic) bond motifs is 2. The monoisotopic (exact) mass is 695 g/mol. The highest BCUT2D eigenvalue weighted by Gasteiger charge is 2.37. The second-order valence-electron chi connectivity index (χ2n) is 12.8. The van der Waals surface area contributed by atoms with Crippen LogP contribution in [0.5, 0.6) is 0 Å². The van der Waals surface area contributed by atoms with Gasteiger partial charge in [0, 0.05) is 65.4 Å². The SMILES string of the molecule is CN(C)C[C@@H]1Cc2cc(Cl)ccc2N(C(=O)[C@@H](Cc2c[nH]c3ccccc23)NC(=O)N2CCC(S(=O)(=O)c3ccc(Cl)cc3)CC2)C1. The van der Waals surface area contributed by atoms with Crippen molar-refractivity contribution in [3.8, 4) is 0 Å². The molecule has 2 aliphatic rings. The van der Waals surface area contributed by atoms with E-state index in [1.807, 2.05) is 56.7 Å². The lowest BCUT2D eigenvalue weighted by molar-refractivity contribution is -0.120. The molecule has 12 heteroatoms. The third-order valence-corrected chi connectivity index (χ3v) is 11.9. The van der Waals surface area contributed by atoms with E-state index in [9.17, 15) is 18.0 Å². The number of sulfone groups is 1. The summed E-state index contributed by atoms with van der Waals surface area (Å²) in [5.41, 5.74) is 3.68. The number of para-hydroxylation sites is 1. The lowest BCUT2D eigenvalue weighted by atomic mass is 9.91. The molecule has 2 N–H and O–H groups in total. The summed E-state index contributed by atoms with van der Waals surface area (Å²) in [5.74, 6) is -0.0122. The predicted octanol–water partition coefficient (Wildman–Crippen LogP) is 5.80. The van der Waals surface area contributed by atoms with Crippen LogP contribution in [0.15, 0.2) is 77.8 Å². The lowest BCUT2D eigenvalue weighted by Crippen LogP contribution is -2.56. The molecule has 2 aliphatic heterocycles. The molecule has 1 aromatic heterocycles. The van der Waals surface area contributed by atoms with Gasteiger partial charge in [-0.2, -0.15) is 0 Å². The number of aromatic nitrogens is 1. The number of aromatic amines is 1. The fourth-order valence-corrected chi connectivity index (χ4v) is 8.95. The Morgan fingerprint density at radius 3 is 2.43 bits per heavy atom. The zero-order chi connectivity index (χ0) is 33.3. The van der Waals surface area contributed by atoms with E-state index in [1.165, 1.54) is 12.1 Å². The van der Waals surface area contributed by atoms with Crippen molar-refractivity contribution < 1.29 is 18.0 Å². The Hall–Kier alpha value is -3.57. The fourth-order valence-electron chi connectivity index (χ4n) is 6.90. The number of H-pyrrole nitrogens is 1. The Kier molecular flexibility index (Phi) is 9.85. The van der Waals surface area contributed by atoms with Crippen LogP contribution in [-0.4, -0.2) is 86.7 Å². The first-order valence-electron chi connectivity index (χ1n) is 15.8. The molecule has 1 saturated heterocycles. The highest BCUT2D eigenvalue weighted by molar-refractivity contribution is 7.92. The topological polar surface area (TPSA) is 106 Å². The average molecular weight is 697 g/mol. The molecular formula is C35H39Cl2N5O4S. The molecule has 47 heavy (non-hydrogen) atoms. The van der Waals surface area contributed by atoms with Gasteiger partial charge in [0.1, 0.15) is 6.04 Å². The number of hydrogen-bond donors (Lipinski definition) is 2. The van der Waals surface area contributed by atoms with Gasteiger partial charge >= 0.3 is 6.03 Å². The third-order valence-electron chi connectivity index (χ3n) is 9.18. The number of carbonyl (C=O) groups is 2. The van der Waals surface area contributed by atoms with Crippen molar-refractivity contribution in [2.45, 2.75) is 41.9 Å². The fraction of sp³-hybridized carbons (Fsp3) is 0.371. The molecule has 2 atom stereocenters. The summed E-state index contributed by atoms with van der Waals surface area (Å²) < 4.78 is 26.6. The van der Waals surface area contributed by atoms with Crippen molar-refractivity contribution in [1.29, 1.82) is 0 Å². The molecule has 3 amide bonds. The van der Waals surface area contributed by atoms with Crippen molar-refractivity contribution in [3.05, 3.63) is 94.1 Å². The molecular weight excluding hydrogens is 657 g/mol. The minimum atomic E-state index is -3.57. The largest absolute Gasteiger partial charge is 0.361 e. The minimum absolute atomic E-state index is 0.186. The van der Waals surface area contributed by atoms with E-state index in [-0.39, 0.29) is 42.3 Å². The number of urea groups is 1. The Morgan fingerprint density at radius 1 is 1.00 bits per heavy atom. The van der Waals surface area contributed by atoms with Gasteiger partial charge in [-0.05, 0) is 98.9 Å². The Labute approximate surface area is 285 Å². The molecule has 0 radical (unpaired) electrons. The molecule has 0 bridgehead atoms. The number of piperidine rings is 1. The molecule has 0 spiro atoms. The summed E-state index contributed by atoms with van der Waals surface area (Å²) >= 11 is 12.3. The normalized spacial score (nSPS) is 17.9. The quantitative estimate of drug-likeness (QED) is 0.242. The Morgan fingerprint density at radius 2 is 1.70 bits per heavy atom. The lowest BCUT2D eigenvalue weighted by Gasteiger charge is -2.38. The van der Waals surface area contributed by atoms with E-state index in [0.29, 0.717) is 29.4 Å². The van der Waals surface area contributed by atoms with Crippen molar-refractivity contribution in [2.24, 2.45) is 5.92 Å². The molecule has 1 fully saturated rings. The van der Waals surface area contributed by atoms with E-state index in [1.54, 1.807) is 28.0 Å². The van der Waals surface area contributed by atoms with E-state index >= 15 is 0 Å². The Bertz CT molecular complexity index is 1870. The first-order chi connectivity index (χ1) is 22.5. The maximum atomic E-state index is 14.6.